The summed E-state index contributed by atoms with van der Waals surface area (Å²) in [7, 11) is 0. The van der Waals surface area contributed by atoms with E-state index in [1.807, 2.05) is 29.3 Å². The molecule has 2 N–H and O–H groups in total. The summed E-state index contributed by atoms with van der Waals surface area (Å²) in [5, 5.41) is 5.20. The van der Waals surface area contributed by atoms with Gasteiger partial charge in [-0.05, 0) is 12.1 Å². The third-order valence-electron chi connectivity index (χ3n) is 2.79. The normalized spacial score (nSPS) is 16.4. The standard InChI is InChI=1S/C12H14N4O2S/c17-11(15-16-5-7-18-8-6-16)14-12-13-9-3-1-2-4-10(9)19-12/h1-4H,5-8H2,(H2,13,14,15,17). The van der Waals surface area contributed by atoms with Crippen LogP contribution in [0.2, 0.25) is 0 Å². The van der Waals surface area contributed by atoms with Gasteiger partial charge in [-0.15, -0.1) is 0 Å². The van der Waals surface area contributed by atoms with Gasteiger partial charge in [0.1, 0.15) is 0 Å². The number of thiazole rings is 1. The molecule has 2 amide bonds. The predicted octanol–water partition coefficient (Wildman–Crippen LogP) is 1.67. The average Bonchev–Trinajstić information content (AvgIpc) is 2.81. The largest absolute Gasteiger partial charge is 0.379 e. The quantitative estimate of drug-likeness (QED) is 0.877. The maximum absolute atomic E-state index is 11.8. The first kappa shape index (κ1) is 12.3. The van der Waals surface area contributed by atoms with Crippen LogP contribution < -0.4 is 10.7 Å². The van der Waals surface area contributed by atoms with Gasteiger partial charge >= 0.3 is 6.03 Å². The number of ether oxygens (including phenoxy) is 1. The number of aromatic nitrogens is 1. The van der Waals surface area contributed by atoms with Crippen LogP contribution in [-0.4, -0.2) is 42.3 Å². The summed E-state index contributed by atoms with van der Waals surface area (Å²) >= 11 is 1.46. The van der Waals surface area contributed by atoms with Crippen LogP contribution >= 0.6 is 11.3 Å². The van der Waals surface area contributed by atoms with Crippen molar-refractivity contribution in [2.24, 2.45) is 0 Å². The first-order valence-electron chi connectivity index (χ1n) is 6.07. The number of hydrazine groups is 1. The Morgan fingerprint density at radius 3 is 2.89 bits per heavy atom. The Balaban J connectivity index is 1.62. The number of anilines is 1. The SMILES string of the molecule is O=C(Nc1nc2ccccc2s1)NN1CCOCC1. The number of nitrogens with one attached hydrogen (secondary N) is 2. The topological polar surface area (TPSA) is 66.5 Å². The van der Waals surface area contributed by atoms with Crippen molar-refractivity contribution in [1.29, 1.82) is 0 Å². The minimum atomic E-state index is -0.263. The molecular weight excluding hydrogens is 264 g/mol. The van der Waals surface area contributed by atoms with E-state index in [2.05, 4.69) is 15.7 Å². The average molecular weight is 278 g/mol. The van der Waals surface area contributed by atoms with Crippen molar-refractivity contribution >= 4 is 32.7 Å². The van der Waals surface area contributed by atoms with E-state index in [9.17, 15) is 4.79 Å². The summed E-state index contributed by atoms with van der Waals surface area (Å²) in [5.74, 6) is 0. The molecule has 1 aliphatic heterocycles. The summed E-state index contributed by atoms with van der Waals surface area (Å²) in [6.45, 7) is 2.68. The Labute approximate surface area is 114 Å². The predicted molar refractivity (Wildman–Crippen MR) is 74.2 cm³/mol. The second kappa shape index (κ2) is 5.52. The van der Waals surface area contributed by atoms with Crippen LogP contribution in [0.1, 0.15) is 0 Å². The molecule has 1 aliphatic rings. The van der Waals surface area contributed by atoms with Crippen LogP contribution in [0.25, 0.3) is 10.2 Å². The second-order valence-electron chi connectivity index (χ2n) is 4.15. The monoisotopic (exact) mass is 278 g/mol. The highest BCUT2D eigenvalue weighted by Crippen LogP contribution is 2.25. The van der Waals surface area contributed by atoms with Crippen LogP contribution in [-0.2, 0) is 4.74 Å². The maximum Gasteiger partial charge on any atom is 0.335 e. The van der Waals surface area contributed by atoms with Gasteiger partial charge in [-0.2, -0.15) is 0 Å². The molecule has 1 fully saturated rings. The van der Waals surface area contributed by atoms with Gasteiger partial charge < -0.3 is 4.74 Å². The Bertz CT molecular complexity index is 547. The molecule has 0 aliphatic carbocycles. The Hall–Kier alpha value is -1.70. The fourth-order valence-corrected chi connectivity index (χ4v) is 2.73. The van der Waals surface area contributed by atoms with Gasteiger partial charge in [0.15, 0.2) is 5.13 Å². The van der Waals surface area contributed by atoms with Crippen molar-refractivity contribution < 1.29 is 9.53 Å². The number of rotatable bonds is 2. The van der Waals surface area contributed by atoms with Crippen molar-refractivity contribution in [3.63, 3.8) is 0 Å². The van der Waals surface area contributed by atoms with E-state index >= 15 is 0 Å². The molecule has 0 saturated carbocycles. The lowest BCUT2D eigenvalue weighted by molar-refractivity contribution is 0.0207. The lowest BCUT2D eigenvalue weighted by Gasteiger charge is -2.26. The first-order valence-corrected chi connectivity index (χ1v) is 6.89. The van der Waals surface area contributed by atoms with E-state index in [1.165, 1.54) is 11.3 Å². The molecule has 6 nitrogen and oxygen atoms in total. The molecule has 3 rings (SSSR count). The highest BCUT2D eigenvalue weighted by Gasteiger charge is 2.14. The van der Waals surface area contributed by atoms with Gasteiger partial charge in [0.25, 0.3) is 0 Å². The number of carbonyl (C=O) groups excluding carboxylic acids is 1. The number of urea groups is 1. The molecule has 0 spiro atoms. The van der Waals surface area contributed by atoms with E-state index < -0.39 is 0 Å². The van der Waals surface area contributed by atoms with Crippen LogP contribution in [0.15, 0.2) is 24.3 Å². The van der Waals surface area contributed by atoms with Crippen LogP contribution in [0.4, 0.5) is 9.93 Å². The fraction of sp³-hybridized carbons (Fsp3) is 0.333. The molecule has 7 heteroatoms. The summed E-state index contributed by atoms with van der Waals surface area (Å²) in [6.07, 6.45) is 0. The van der Waals surface area contributed by atoms with E-state index in [0.29, 0.717) is 31.4 Å². The molecule has 2 aromatic rings. The van der Waals surface area contributed by atoms with Crippen molar-refractivity contribution in [2.45, 2.75) is 0 Å². The van der Waals surface area contributed by atoms with Crippen LogP contribution in [0, 0.1) is 0 Å². The molecule has 100 valence electrons. The number of fused-ring (bicyclic) bond motifs is 1. The number of amides is 2. The molecular formula is C12H14N4O2S. The zero-order chi connectivity index (χ0) is 13.1. The highest BCUT2D eigenvalue weighted by atomic mass is 32.1. The summed E-state index contributed by atoms with van der Waals surface area (Å²) < 4.78 is 6.28. The third kappa shape index (κ3) is 3.01. The number of benzene rings is 1. The minimum Gasteiger partial charge on any atom is -0.379 e. The molecule has 0 bridgehead atoms. The van der Waals surface area contributed by atoms with Gasteiger partial charge in [-0.3, -0.25) is 10.7 Å². The van der Waals surface area contributed by atoms with Crippen molar-refractivity contribution in [3.05, 3.63) is 24.3 Å². The summed E-state index contributed by atoms with van der Waals surface area (Å²) in [5.41, 5.74) is 3.68. The maximum atomic E-state index is 11.8. The second-order valence-corrected chi connectivity index (χ2v) is 5.18. The molecule has 0 unspecified atom stereocenters. The zero-order valence-corrected chi connectivity index (χ0v) is 11.1. The number of morpholine rings is 1. The number of hydrogen-bond donors (Lipinski definition) is 2. The number of nitrogens with zero attached hydrogens (tertiary/aromatic N) is 2. The molecule has 1 saturated heterocycles. The Kier molecular flexibility index (Phi) is 3.58. The summed E-state index contributed by atoms with van der Waals surface area (Å²) in [6, 6.07) is 7.54. The molecule has 0 atom stereocenters. The Morgan fingerprint density at radius 2 is 2.11 bits per heavy atom. The third-order valence-corrected chi connectivity index (χ3v) is 3.74. The molecule has 1 aromatic carbocycles. The first-order chi connectivity index (χ1) is 9.31. The fourth-order valence-electron chi connectivity index (χ4n) is 1.87. The number of hydrogen-bond acceptors (Lipinski definition) is 5. The molecule has 2 heterocycles. The molecule has 0 radical (unpaired) electrons. The van der Waals surface area contributed by atoms with E-state index in [-0.39, 0.29) is 6.03 Å². The zero-order valence-electron chi connectivity index (χ0n) is 10.3. The van der Waals surface area contributed by atoms with Crippen molar-refractivity contribution in [3.8, 4) is 0 Å². The molecule has 19 heavy (non-hydrogen) atoms. The van der Waals surface area contributed by atoms with Crippen molar-refractivity contribution in [1.82, 2.24) is 15.4 Å². The number of para-hydroxylation sites is 1. The Morgan fingerprint density at radius 1 is 1.32 bits per heavy atom. The molecule has 1 aromatic heterocycles. The van der Waals surface area contributed by atoms with E-state index in [4.69, 9.17) is 4.74 Å². The van der Waals surface area contributed by atoms with Crippen LogP contribution in [0.5, 0.6) is 0 Å². The number of carbonyl (C=O) groups is 1. The van der Waals surface area contributed by atoms with Crippen LogP contribution in [0.3, 0.4) is 0 Å². The smallest absolute Gasteiger partial charge is 0.335 e. The van der Waals surface area contributed by atoms with Gasteiger partial charge in [-0.1, -0.05) is 23.5 Å². The lowest BCUT2D eigenvalue weighted by Crippen LogP contribution is -2.49. The van der Waals surface area contributed by atoms with E-state index in [1.54, 1.807) is 0 Å². The van der Waals surface area contributed by atoms with E-state index in [0.717, 1.165) is 10.2 Å². The minimum absolute atomic E-state index is 0.263. The van der Waals surface area contributed by atoms with Gasteiger partial charge in [0, 0.05) is 13.1 Å². The lowest BCUT2D eigenvalue weighted by atomic mass is 10.3. The van der Waals surface area contributed by atoms with Gasteiger partial charge in [-0.25, -0.2) is 14.8 Å². The van der Waals surface area contributed by atoms with Gasteiger partial charge in [0.05, 0.1) is 23.4 Å². The van der Waals surface area contributed by atoms with Gasteiger partial charge in [0.2, 0.25) is 0 Å². The highest BCUT2D eigenvalue weighted by molar-refractivity contribution is 7.22. The summed E-state index contributed by atoms with van der Waals surface area (Å²) in [4.78, 5) is 16.2. The van der Waals surface area contributed by atoms with Crippen molar-refractivity contribution in [2.75, 3.05) is 31.6 Å².